The van der Waals surface area contributed by atoms with Gasteiger partial charge in [0.05, 0.1) is 0 Å². The third-order valence-electron chi connectivity index (χ3n) is 0.263. The highest BCUT2D eigenvalue weighted by Crippen LogP contribution is 2.26. The maximum Gasteiger partial charge on any atom is 0.261 e. The summed E-state index contributed by atoms with van der Waals surface area (Å²) in [4.78, 5) is 0. The first-order chi connectivity index (χ1) is 2.94. The van der Waals surface area contributed by atoms with Gasteiger partial charge in [0.1, 0.15) is 0 Å². The van der Waals surface area contributed by atoms with Crippen LogP contribution in [0.4, 0.5) is 4.39 Å². The summed E-state index contributed by atoms with van der Waals surface area (Å²) in [6.45, 7) is 0. The molecule has 0 aromatic carbocycles. The largest absolute Gasteiger partial charge is 0.359 e. The Morgan fingerprint density at radius 3 is 1.71 bits per heavy atom. The van der Waals surface area contributed by atoms with E-state index in [0.717, 1.165) is 0 Å². The molecule has 0 saturated heterocycles. The zero-order valence-corrected chi connectivity index (χ0v) is 5.30. The van der Waals surface area contributed by atoms with Crippen molar-refractivity contribution in [2.75, 3.05) is 0 Å². The molecule has 0 bridgehead atoms. The van der Waals surface area contributed by atoms with E-state index < -0.39 is 10.2 Å². The number of aliphatic hydroxyl groups is 1. The molecule has 44 valence electrons. The van der Waals surface area contributed by atoms with Gasteiger partial charge in [-0.1, -0.05) is 34.8 Å². The van der Waals surface area contributed by atoms with Crippen LogP contribution >= 0.6 is 34.8 Å². The lowest BCUT2D eigenvalue weighted by Gasteiger charge is -2.09. The summed E-state index contributed by atoms with van der Waals surface area (Å²) in [6, 6.07) is 0. The number of hydrogen-bond donors (Lipinski definition) is 1. The highest BCUT2D eigenvalue weighted by Gasteiger charge is 2.29. The molecule has 0 aromatic rings. The summed E-state index contributed by atoms with van der Waals surface area (Å²) in [7, 11) is 0. The fourth-order valence-corrected chi connectivity index (χ4v) is 0. The van der Waals surface area contributed by atoms with E-state index >= 15 is 0 Å². The van der Waals surface area contributed by atoms with Crippen LogP contribution in [0.3, 0.4) is 0 Å². The first-order valence-electron chi connectivity index (χ1n) is 1.33. The summed E-state index contributed by atoms with van der Waals surface area (Å²) >= 11 is 13.9. The third-order valence-corrected chi connectivity index (χ3v) is 1.18. The molecule has 0 rings (SSSR count). The molecule has 0 fully saturated rings. The van der Waals surface area contributed by atoms with Crippen LogP contribution < -0.4 is 0 Å². The molecule has 0 aliphatic carbocycles. The molecule has 0 radical (unpaired) electrons. The summed E-state index contributed by atoms with van der Waals surface area (Å²) in [5.41, 5.74) is -2.14. The van der Waals surface area contributed by atoms with E-state index in [0.29, 0.717) is 0 Å². The van der Waals surface area contributed by atoms with Crippen molar-refractivity contribution in [3.8, 4) is 0 Å². The third kappa shape index (κ3) is 3.35. The monoisotopic (exact) mass is 166 g/mol. The highest BCUT2D eigenvalue weighted by atomic mass is 35.5. The Balaban J connectivity index is 3.54. The molecule has 0 spiro atoms. The molecule has 0 saturated carbocycles. The minimum absolute atomic E-state index is 2.14. The molecule has 1 nitrogen and oxygen atoms in total. The molecule has 5 heteroatoms. The first-order valence-corrected chi connectivity index (χ1v) is 2.52. The van der Waals surface area contributed by atoms with Crippen LogP contribution in [0.25, 0.3) is 0 Å². The number of halogens is 4. The summed E-state index contributed by atoms with van der Waals surface area (Å²) in [5, 5.41) is 8.12. The average Bonchev–Trinajstić information content (AvgIpc) is 1.31. The predicted octanol–water partition coefficient (Wildman–Crippen LogP) is 1.64. The number of hydrogen-bond acceptors (Lipinski definition) is 1. The molecule has 0 aliphatic heterocycles. The fraction of sp³-hybridized carbons (Fsp3) is 1.00. The van der Waals surface area contributed by atoms with Crippen molar-refractivity contribution in [2.45, 2.75) is 10.2 Å². The zero-order valence-electron chi connectivity index (χ0n) is 3.04. The molecule has 1 N–H and O–H groups in total. The lowest BCUT2D eigenvalue weighted by molar-refractivity contribution is 0.153. The molecule has 1 unspecified atom stereocenters. The topological polar surface area (TPSA) is 20.2 Å². The number of rotatable bonds is 1. The normalized spacial score (nSPS) is 16.7. The van der Waals surface area contributed by atoms with Gasteiger partial charge in [-0.15, -0.1) is 0 Å². The van der Waals surface area contributed by atoms with Gasteiger partial charge in [-0.2, -0.15) is 0 Å². The average molecular weight is 167 g/mol. The van der Waals surface area contributed by atoms with Crippen molar-refractivity contribution in [1.29, 1.82) is 0 Å². The van der Waals surface area contributed by atoms with Crippen LogP contribution in [0, 0.1) is 0 Å². The van der Waals surface area contributed by atoms with Crippen molar-refractivity contribution < 1.29 is 9.50 Å². The Morgan fingerprint density at radius 1 is 1.57 bits per heavy atom. The van der Waals surface area contributed by atoms with Gasteiger partial charge < -0.3 is 5.11 Å². The lowest BCUT2D eigenvalue weighted by Crippen LogP contribution is -2.20. The van der Waals surface area contributed by atoms with Crippen LogP contribution in [-0.4, -0.2) is 15.3 Å². The van der Waals surface area contributed by atoms with Crippen molar-refractivity contribution >= 4 is 34.8 Å². The van der Waals surface area contributed by atoms with Gasteiger partial charge in [-0.3, -0.25) is 0 Å². The summed E-state index contributed by atoms with van der Waals surface area (Å²) in [5.74, 6) is 0. The van der Waals surface area contributed by atoms with Gasteiger partial charge in [0.25, 0.3) is 4.52 Å². The van der Waals surface area contributed by atoms with Gasteiger partial charge in [0, 0.05) is 0 Å². The van der Waals surface area contributed by atoms with E-state index in [9.17, 15) is 4.39 Å². The van der Waals surface area contributed by atoms with Crippen LogP contribution in [0.2, 0.25) is 0 Å². The summed E-state index contributed by atoms with van der Waals surface area (Å²) in [6.07, 6.45) is 0. The Bertz CT molecular complexity index is 58.4. The SMILES string of the molecule is OC(Cl)(Cl)C(F)Cl. The molecule has 0 heterocycles. The molecule has 0 aliphatic rings. The smallest absolute Gasteiger partial charge is 0.261 e. The van der Waals surface area contributed by atoms with Crippen molar-refractivity contribution in [3.63, 3.8) is 0 Å². The van der Waals surface area contributed by atoms with Crippen LogP contribution in [0.5, 0.6) is 0 Å². The van der Waals surface area contributed by atoms with Crippen molar-refractivity contribution in [2.24, 2.45) is 0 Å². The van der Waals surface area contributed by atoms with Gasteiger partial charge in [-0.25, -0.2) is 4.39 Å². The molecular weight excluding hydrogens is 165 g/mol. The summed E-state index contributed by atoms with van der Waals surface area (Å²) < 4.78 is 9.00. The van der Waals surface area contributed by atoms with Gasteiger partial charge in [0.15, 0.2) is 0 Å². The minimum Gasteiger partial charge on any atom is -0.359 e. The molecule has 7 heavy (non-hydrogen) atoms. The fourth-order valence-electron chi connectivity index (χ4n) is 0. The Morgan fingerprint density at radius 2 is 1.71 bits per heavy atom. The van der Waals surface area contributed by atoms with Crippen LogP contribution in [0.1, 0.15) is 0 Å². The highest BCUT2D eigenvalue weighted by molar-refractivity contribution is 6.50. The second-order valence-electron chi connectivity index (χ2n) is 0.888. The lowest BCUT2D eigenvalue weighted by atomic mass is 10.8. The van der Waals surface area contributed by atoms with Crippen LogP contribution in [0.15, 0.2) is 0 Å². The maximum absolute atomic E-state index is 11.5. The first kappa shape index (κ1) is 7.76. The van der Waals surface area contributed by atoms with Gasteiger partial charge >= 0.3 is 0 Å². The Kier molecular flexibility index (Phi) is 2.61. The molecule has 0 amide bonds. The van der Waals surface area contributed by atoms with Gasteiger partial charge in [-0.05, 0) is 0 Å². The van der Waals surface area contributed by atoms with Crippen molar-refractivity contribution in [1.82, 2.24) is 0 Å². The Hall–Kier alpha value is 0.760. The van der Waals surface area contributed by atoms with E-state index in [1.165, 1.54) is 0 Å². The van der Waals surface area contributed by atoms with Crippen LogP contribution in [-0.2, 0) is 0 Å². The van der Waals surface area contributed by atoms with E-state index in [1.54, 1.807) is 0 Å². The zero-order chi connectivity index (χ0) is 6.08. The Labute approximate surface area is 55.0 Å². The molecule has 0 aromatic heterocycles. The molecular formula is C2H2Cl3FO. The second-order valence-corrected chi connectivity index (χ2v) is 2.62. The maximum atomic E-state index is 11.5. The van der Waals surface area contributed by atoms with E-state index in [4.69, 9.17) is 5.11 Å². The van der Waals surface area contributed by atoms with E-state index in [2.05, 4.69) is 34.8 Å². The molecule has 1 atom stereocenters. The quantitative estimate of drug-likeness (QED) is 0.589. The standard InChI is InChI=1S/C2H2Cl3FO/c3-1(6)2(4,5)7/h1,7H. The minimum atomic E-state index is -2.46. The van der Waals surface area contributed by atoms with Crippen molar-refractivity contribution in [3.05, 3.63) is 0 Å². The predicted molar refractivity (Wildman–Crippen MR) is 27.4 cm³/mol. The number of alkyl halides is 4. The van der Waals surface area contributed by atoms with E-state index in [1.807, 2.05) is 0 Å². The van der Waals surface area contributed by atoms with Gasteiger partial charge in [0.2, 0.25) is 5.63 Å². The van der Waals surface area contributed by atoms with E-state index in [-0.39, 0.29) is 0 Å². The second kappa shape index (κ2) is 2.35.